The molecule has 1 saturated carbocycles. The number of hydrogen-bond acceptors (Lipinski definition) is 4. The van der Waals surface area contributed by atoms with Gasteiger partial charge in [-0.3, -0.25) is 0 Å². The summed E-state index contributed by atoms with van der Waals surface area (Å²) in [4.78, 5) is 9.13. The zero-order valence-corrected chi connectivity index (χ0v) is 13.0. The highest BCUT2D eigenvalue weighted by atomic mass is 32.1. The summed E-state index contributed by atoms with van der Waals surface area (Å²) >= 11 is 1.70. The second kappa shape index (κ2) is 5.95. The van der Waals surface area contributed by atoms with Gasteiger partial charge < -0.3 is 9.88 Å². The molecule has 4 nitrogen and oxygen atoms in total. The van der Waals surface area contributed by atoms with Crippen molar-refractivity contribution in [3.05, 3.63) is 28.0 Å². The first-order chi connectivity index (χ1) is 9.72. The van der Waals surface area contributed by atoms with Crippen LogP contribution >= 0.6 is 11.3 Å². The number of anilines is 1. The van der Waals surface area contributed by atoms with E-state index in [1.54, 1.807) is 11.3 Å². The Morgan fingerprint density at radius 1 is 1.25 bits per heavy atom. The van der Waals surface area contributed by atoms with Crippen LogP contribution < -0.4 is 5.32 Å². The third-order valence-electron chi connectivity index (χ3n) is 3.92. The molecule has 20 heavy (non-hydrogen) atoms. The first-order valence-electron chi connectivity index (χ1n) is 7.43. The summed E-state index contributed by atoms with van der Waals surface area (Å²) in [5.74, 6) is 1.00. The smallest absolute Gasteiger partial charge is 0.203 e. The van der Waals surface area contributed by atoms with E-state index in [-0.39, 0.29) is 0 Å². The van der Waals surface area contributed by atoms with Gasteiger partial charge in [0.05, 0.1) is 22.9 Å². The number of rotatable bonds is 4. The maximum Gasteiger partial charge on any atom is 0.203 e. The molecule has 2 aromatic heterocycles. The van der Waals surface area contributed by atoms with Crippen molar-refractivity contribution >= 4 is 17.3 Å². The largest absolute Gasteiger partial charge is 0.350 e. The van der Waals surface area contributed by atoms with Gasteiger partial charge in [-0.15, -0.1) is 11.3 Å². The van der Waals surface area contributed by atoms with E-state index >= 15 is 0 Å². The molecule has 0 atom stereocenters. The lowest BCUT2D eigenvalue weighted by molar-refractivity contribution is 0.355. The molecule has 3 rings (SSSR count). The Hall–Kier alpha value is -1.36. The van der Waals surface area contributed by atoms with Crippen LogP contribution in [0.4, 0.5) is 5.95 Å². The van der Waals surface area contributed by atoms with E-state index in [0.29, 0.717) is 6.04 Å². The van der Waals surface area contributed by atoms with E-state index < -0.39 is 0 Å². The highest BCUT2D eigenvalue weighted by molar-refractivity contribution is 7.09. The van der Waals surface area contributed by atoms with E-state index in [0.717, 1.165) is 28.9 Å². The van der Waals surface area contributed by atoms with Crippen molar-refractivity contribution in [1.29, 1.82) is 0 Å². The zero-order chi connectivity index (χ0) is 13.9. The maximum atomic E-state index is 4.64. The fraction of sp³-hybridized carbons (Fsp3) is 0.600. The van der Waals surface area contributed by atoms with Crippen LogP contribution in [0.5, 0.6) is 0 Å². The third-order valence-corrected chi connectivity index (χ3v) is 4.74. The first kappa shape index (κ1) is 13.6. The summed E-state index contributed by atoms with van der Waals surface area (Å²) in [7, 11) is 0. The molecule has 1 N–H and O–H groups in total. The quantitative estimate of drug-likeness (QED) is 0.923. The molecule has 0 aromatic carbocycles. The van der Waals surface area contributed by atoms with Gasteiger partial charge >= 0.3 is 0 Å². The Balaban J connectivity index is 1.71. The average Bonchev–Trinajstić information content (AvgIpc) is 3.03. The number of thiazole rings is 1. The van der Waals surface area contributed by atoms with Crippen LogP contribution in [-0.4, -0.2) is 14.5 Å². The Morgan fingerprint density at radius 3 is 2.75 bits per heavy atom. The molecule has 2 aromatic rings. The highest BCUT2D eigenvalue weighted by Crippen LogP contribution is 2.30. The monoisotopic (exact) mass is 290 g/mol. The maximum absolute atomic E-state index is 4.64. The normalized spacial score (nSPS) is 16.5. The van der Waals surface area contributed by atoms with Gasteiger partial charge in [-0.25, -0.2) is 9.97 Å². The summed E-state index contributed by atoms with van der Waals surface area (Å²) in [6, 6.07) is 0.615. The minimum Gasteiger partial charge on any atom is -0.350 e. The molecule has 108 valence electrons. The number of hydrogen-bond donors (Lipinski definition) is 1. The second-order valence-corrected chi connectivity index (χ2v) is 6.68. The molecule has 1 aliphatic rings. The predicted octanol–water partition coefficient (Wildman–Crippen LogP) is 4.07. The summed E-state index contributed by atoms with van der Waals surface area (Å²) in [6.07, 6.45) is 8.80. The number of nitrogens with one attached hydrogen (secondary N) is 1. The van der Waals surface area contributed by atoms with Crippen molar-refractivity contribution in [2.75, 3.05) is 5.32 Å². The lowest BCUT2D eigenvalue weighted by atomic mass is 9.95. The van der Waals surface area contributed by atoms with Crippen LogP contribution in [0.25, 0.3) is 0 Å². The topological polar surface area (TPSA) is 42.7 Å². The zero-order valence-electron chi connectivity index (χ0n) is 12.2. The third kappa shape index (κ3) is 3.03. The van der Waals surface area contributed by atoms with Gasteiger partial charge in [-0.1, -0.05) is 19.3 Å². The number of imidazole rings is 1. The Morgan fingerprint density at radius 2 is 2.05 bits per heavy atom. The van der Waals surface area contributed by atoms with Crippen molar-refractivity contribution in [2.45, 2.75) is 58.5 Å². The van der Waals surface area contributed by atoms with Crippen LogP contribution in [0.3, 0.4) is 0 Å². The molecular weight excluding hydrogens is 268 g/mol. The molecule has 0 saturated heterocycles. The molecule has 2 heterocycles. The van der Waals surface area contributed by atoms with Crippen molar-refractivity contribution in [1.82, 2.24) is 14.5 Å². The lowest BCUT2D eigenvalue weighted by Crippen LogP contribution is -2.15. The van der Waals surface area contributed by atoms with E-state index in [2.05, 4.69) is 38.4 Å². The van der Waals surface area contributed by atoms with Gasteiger partial charge in [0.15, 0.2) is 0 Å². The predicted molar refractivity (Wildman–Crippen MR) is 83.3 cm³/mol. The van der Waals surface area contributed by atoms with Crippen LogP contribution in [0.15, 0.2) is 11.6 Å². The van der Waals surface area contributed by atoms with Gasteiger partial charge in [0.25, 0.3) is 0 Å². The second-order valence-electron chi connectivity index (χ2n) is 5.62. The molecule has 1 aliphatic carbocycles. The lowest BCUT2D eigenvalue weighted by Gasteiger charge is -2.24. The molecule has 0 amide bonds. The molecule has 0 spiro atoms. The van der Waals surface area contributed by atoms with Gasteiger partial charge in [0, 0.05) is 17.6 Å². The van der Waals surface area contributed by atoms with Crippen molar-refractivity contribution in [3.8, 4) is 0 Å². The van der Waals surface area contributed by atoms with Crippen LogP contribution in [0.2, 0.25) is 0 Å². The molecular formula is C15H22N4S. The molecule has 0 radical (unpaired) electrons. The summed E-state index contributed by atoms with van der Waals surface area (Å²) in [5.41, 5.74) is 2.19. The Kier molecular flexibility index (Phi) is 4.05. The van der Waals surface area contributed by atoms with E-state index in [1.807, 2.05) is 6.92 Å². The van der Waals surface area contributed by atoms with Crippen molar-refractivity contribution in [2.24, 2.45) is 0 Å². The average molecular weight is 290 g/mol. The number of aryl methyl sites for hydroxylation is 2. The summed E-state index contributed by atoms with van der Waals surface area (Å²) in [6.45, 7) is 4.87. The minimum absolute atomic E-state index is 0.615. The number of nitrogens with zero attached hydrogens (tertiary/aromatic N) is 3. The van der Waals surface area contributed by atoms with E-state index in [9.17, 15) is 0 Å². The summed E-state index contributed by atoms with van der Waals surface area (Å²) < 4.78 is 2.34. The molecule has 1 fully saturated rings. The Labute approximate surface area is 124 Å². The Bertz CT molecular complexity index is 566. The van der Waals surface area contributed by atoms with Crippen molar-refractivity contribution in [3.63, 3.8) is 0 Å². The van der Waals surface area contributed by atoms with Gasteiger partial charge in [-0.05, 0) is 26.7 Å². The molecule has 0 bridgehead atoms. The van der Waals surface area contributed by atoms with E-state index in [1.165, 1.54) is 32.1 Å². The standard InChI is InChI=1S/C15H22N4S/c1-11-9-19(14-6-4-3-5-7-14)15(17-11)16-8-13-10-20-12(2)18-13/h9-10,14H,3-8H2,1-2H3,(H,16,17). The van der Waals surface area contributed by atoms with Crippen LogP contribution in [0.1, 0.15) is 54.5 Å². The van der Waals surface area contributed by atoms with E-state index in [4.69, 9.17) is 0 Å². The van der Waals surface area contributed by atoms with Gasteiger partial charge in [0.1, 0.15) is 0 Å². The van der Waals surface area contributed by atoms with Gasteiger partial charge in [-0.2, -0.15) is 0 Å². The molecule has 0 unspecified atom stereocenters. The number of aromatic nitrogens is 3. The molecule has 5 heteroatoms. The fourth-order valence-electron chi connectivity index (χ4n) is 2.94. The highest BCUT2D eigenvalue weighted by Gasteiger charge is 2.18. The minimum atomic E-state index is 0.615. The van der Waals surface area contributed by atoms with Crippen LogP contribution in [0, 0.1) is 13.8 Å². The SMILES string of the molecule is Cc1cn(C2CCCCC2)c(NCc2csc(C)n2)n1. The van der Waals surface area contributed by atoms with Gasteiger partial charge in [0.2, 0.25) is 5.95 Å². The van der Waals surface area contributed by atoms with Crippen molar-refractivity contribution < 1.29 is 0 Å². The fourth-order valence-corrected chi connectivity index (χ4v) is 3.56. The summed E-state index contributed by atoms with van der Waals surface area (Å²) in [5, 5.41) is 6.69. The first-order valence-corrected chi connectivity index (χ1v) is 8.30. The molecule has 0 aliphatic heterocycles. The van der Waals surface area contributed by atoms with Crippen LogP contribution in [-0.2, 0) is 6.54 Å².